The molecular weight excluding hydrogens is 290 g/mol. The van der Waals surface area contributed by atoms with Gasteiger partial charge in [-0.25, -0.2) is 4.99 Å². The number of rotatable bonds is 8. The molecular formula is C18H23N3O2. The van der Waals surface area contributed by atoms with E-state index in [-0.39, 0.29) is 0 Å². The lowest BCUT2D eigenvalue weighted by molar-refractivity contribution is 0.410. The van der Waals surface area contributed by atoms with E-state index in [0.29, 0.717) is 13.1 Å². The van der Waals surface area contributed by atoms with Gasteiger partial charge in [-0.3, -0.25) is 0 Å². The first kappa shape index (κ1) is 16.7. The van der Waals surface area contributed by atoms with E-state index in [1.165, 1.54) is 0 Å². The number of hydrogen-bond acceptors (Lipinski definition) is 3. The topological polar surface area (TPSA) is 58.8 Å². The van der Waals surface area contributed by atoms with Gasteiger partial charge in [0, 0.05) is 25.1 Å². The van der Waals surface area contributed by atoms with Crippen LogP contribution in [0.4, 0.5) is 0 Å². The van der Waals surface area contributed by atoms with E-state index < -0.39 is 0 Å². The molecule has 1 aromatic heterocycles. The monoisotopic (exact) mass is 313 g/mol. The van der Waals surface area contributed by atoms with Crippen LogP contribution in [0.25, 0.3) is 0 Å². The van der Waals surface area contributed by atoms with Crippen molar-refractivity contribution in [3.8, 4) is 5.75 Å². The first-order valence-corrected chi connectivity index (χ1v) is 7.61. The molecule has 0 aliphatic heterocycles. The molecule has 0 aliphatic rings. The number of aliphatic imine (C=N–C) groups is 1. The van der Waals surface area contributed by atoms with E-state index in [0.717, 1.165) is 36.0 Å². The predicted molar refractivity (Wildman–Crippen MR) is 92.7 cm³/mol. The smallest absolute Gasteiger partial charge is 0.191 e. The second kappa shape index (κ2) is 9.35. The van der Waals surface area contributed by atoms with Crippen molar-refractivity contribution in [1.29, 1.82) is 0 Å². The molecule has 122 valence electrons. The van der Waals surface area contributed by atoms with Crippen LogP contribution in [0.5, 0.6) is 5.75 Å². The highest BCUT2D eigenvalue weighted by Gasteiger charge is 2.03. The summed E-state index contributed by atoms with van der Waals surface area (Å²) in [6.07, 6.45) is 4.28. The first-order chi connectivity index (χ1) is 11.3. The summed E-state index contributed by atoms with van der Waals surface area (Å²) in [7, 11) is 1.67. The van der Waals surface area contributed by atoms with Crippen molar-refractivity contribution in [3.63, 3.8) is 0 Å². The maximum absolute atomic E-state index is 5.35. The van der Waals surface area contributed by atoms with Crippen molar-refractivity contribution in [3.05, 3.63) is 66.6 Å². The van der Waals surface area contributed by atoms with Crippen LogP contribution < -0.4 is 15.4 Å². The Hall–Kier alpha value is -2.69. The minimum atomic E-state index is 0.539. The van der Waals surface area contributed by atoms with Gasteiger partial charge in [0.25, 0.3) is 0 Å². The summed E-state index contributed by atoms with van der Waals surface area (Å²) in [6, 6.07) is 11.7. The standard InChI is InChI=1S/C18H23N3O2/c1-3-11-19-18(20-12-10-16-8-6-13-23-16)21-14-15-7-4-5-9-17(15)22-2/h3-9,13H,1,10-12,14H2,2H3,(H2,19,20,21). The Morgan fingerprint density at radius 3 is 2.87 bits per heavy atom. The number of benzene rings is 1. The van der Waals surface area contributed by atoms with Gasteiger partial charge >= 0.3 is 0 Å². The quantitative estimate of drug-likeness (QED) is 0.447. The molecule has 0 fully saturated rings. The van der Waals surface area contributed by atoms with Crippen molar-refractivity contribution in [2.75, 3.05) is 20.2 Å². The number of nitrogens with zero attached hydrogens (tertiary/aromatic N) is 1. The largest absolute Gasteiger partial charge is 0.496 e. The Kier molecular flexibility index (Phi) is 6.78. The maximum atomic E-state index is 5.35. The molecule has 0 aliphatic carbocycles. The van der Waals surface area contributed by atoms with Crippen LogP contribution in [0.3, 0.4) is 0 Å². The highest BCUT2D eigenvalue weighted by molar-refractivity contribution is 5.79. The number of furan rings is 1. The lowest BCUT2D eigenvalue weighted by Gasteiger charge is -2.12. The third-order valence-corrected chi connectivity index (χ3v) is 3.26. The van der Waals surface area contributed by atoms with E-state index in [1.54, 1.807) is 19.4 Å². The molecule has 0 atom stereocenters. The lowest BCUT2D eigenvalue weighted by atomic mass is 10.2. The SMILES string of the molecule is C=CCNC(=NCc1ccccc1OC)NCCc1ccco1. The predicted octanol–water partition coefficient (Wildman–Crippen LogP) is 2.75. The molecule has 0 radical (unpaired) electrons. The van der Waals surface area contributed by atoms with Crippen LogP contribution >= 0.6 is 0 Å². The number of hydrogen-bond donors (Lipinski definition) is 2. The van der Waals surface area contributed by atoms with Crippen LogP contribution in [-0.2, 0) is 13.0 Å². The molecule has 0 saturated carbocycles. The van der Waals surface area contributed by atoms with Crippen molar-refractivity contribution in [2.24, 2.45) is 4.99 Å². The summed E-state index contributed by atoms with van der Waals surface area (Å²) < 4.78 is 10.7. The van der Waals surface area contributed by atoms with Gasteiger partial charge in [0.15, 0.2) is 5.96 Å². The number of ether oxygens (including phenoxy) is 1. The van der Waals surface area contributed by atoms with Gasteiger partial charge in [-0.1, -0.05) is 24.3 Å². The highest BCUT2D eigenvalue weighted by Crippen LogP contribution is 2.17. The van der Waals surface area contributed by atoms with E-state index in [4.69, 9.17) is 9.15 Å². The zero-order valence-electron chi connectivity index (χ0n) is 13.4. The summed E-state index contributed by atoms with van der Waals surface area (Å²) >= 11 is 0. The van der Waals surface area contributed by atoms with Crippen LogP contribution in [-0.4, -0.2) is 26.2 Å². The van der Waals surface area contributed by atoms with Gasteiger partial charge in [0.05, 0.1) is 19.9 Å². The molecule has 5 heteroatoms. The van der Waals surface area contributed by atoms with Crippen molar-refractivity contribution < 1.29 is 9.15 Å². The number of nitrogens with one attached hydrogen (secondary N) is 2. The molecule has 0 amide bonds. The third-order valence-electron chi connectivity index (χ3n) is 3.26. The molecule has 2 aromatic rings. The van der Waals surface area contributed by atoms with Gasteiger partial charge in [0.2, 0.25) is 0 Å². The van der Waals surface area contributed by atoms with Gasteiger partial charge in [-0.2, -0.15) is 0 Å². The summed E-state index contributed by atoms with van der Waals surface area (Å²) in [4.78, 5) is 4.59. The third kappa shape index (κ3) is 5.54. The maximum Gasteiger partial charge on any atom is 0.191 e. The molecule has 0 spiro atoms. The molecule has 2 rings (SSSR count). The van der Waals surface area contributed by atoms with Crippen molar-refractivity contribution in [2.45, 2.75) is 13.0 Å². The summed E-state index contributed by atoms with van der Waals surface area (Å²) in [5, 5.41) is 6.50. The van der Waals surface area contributed by atoms with E-state index in [2.05, 4.69) is 22.2 Å². The second-order valence-electron chi connectivity index (χ2n) is 4.90. The van der Waals surface area contributed by atoms with Crippen molar-refractivity contribution >= 4 is 5.96 Å². The normalized spacial score (nSPS) is 11.1. The first-order valence-electron chi connectivity index (χ1n) is 7.61. The van der Waals surface area contributed by atoms with Crippen LogP contribution in [0, 0.1) is 0 Å². The Morgan fingerprint density at radius 1 is 1.26 bits per heavy atom. The average Bonchev–Trinajstić information content (AvgIpc) is 3.10. The fourth-order valence-corrected chi connectivity index (χ4v) is 2.10. The second-order valence-corrected chi connectivity index (χ2v) is 4.90. The van der Waals surface area contributed by atoms with E-state index in [1.807, 2.05) is 36.4 Å². The number of methoxy groups -OCH3 is 1. The molecule has 5 nitrogen and oxygen atoms in total. The summed E-state index contributed by atoms with van der Waals surface area (Å²) in [6.45, 7) is 5.65. The zero-order chi connectivity index (χ0) is 16.3. The average molecular weight is 313 g/mol. The summed E-state index contributed by atoms with van der Waals surface area (Å²) in [5.41, 5.74) is 1.04. The number of guanidine groups is 1. The molecule has 0 bridgehead atoms. The Labute approximate surface area is 137 Å². The fourth-order valence-electron chi connectivity index (χ4n) is 2.10. The minimum absolute atomic E-state index is 0.539. The molecule has 23 heavy (non-hydrogen) atoms. The number of para-hydroxylation sites is 1. The molecule has 0 unspecified atom stereocenters. The lowest BCUT2D eigenvalue weighted by Crippen LogP contribution is -2.38. The Balaban J connectivity index is 1.94. The Bertz CT molecular complexity index is 621. The molecule has 1 aromatic carbocycles. The molecule has 1 heterocycles. The highest BCUT2D eigenvalue weighted by atomic mass is 16.5. The van der Waals surface area contributed by atoms with Crippen molar-refractivity contribution in [1.82, 2.24) is 10.6 Å². The van der Waals surface area contributed by atoms with Gasteiger partial charge in [0.1, 0.15) is 11.5 Å². The van der Waals surface area contributed by atoms with Gasteiger partial charge in [-0.05, 0) is 18.2 Å². The molecule has 0 saturated heterocycles. The van der Waals surface area contributed by atoms with Gasteiger partial charge < -0.3 is 19.8 Å². The van der Waals surface area contributed by atoms with Crippen LogP contribution in [0.15, 0.2) is 64.7 Å². The van der Waals surface area contributed by atoms with E-state index >= 15 is 0 Å². The van der Waals surface area contributed by atoms with E-state index in [9.17, 15) is 0 Å². The van der Waals surface area contributed by atoms with Crippen LogP contribution in [0.1, 0.15) is 11.3 Å². The zero-order valence-corrected chi connectivity index (χ0v) is 13.4. The Morgan fingerprint density at radius 2 is 2.13 bits per heavy atom. The fraction of sp³-hybridized carbons (Fsp3) is 0.278. The molecule has 2 N–H and O–H groups in total. The minimum Gasteiger partial charge on any atom is -0.496 e. The van der Waals surface area contributed by atoms with Crippen LogP contribution in [0.2, 0.25) is 0 Å². The summed E-state index contributed by atoms with van der Waals surface area (Å²) in [5.74, 6) is 2.53. The van der Waals surface area contributed by atoms with Gasteiger partial charge in [-0.15, -0.1) is 6.58 Å².